The van der Waals surface area contributed by atoms with Crippen molar-refractivity contribution in [2.45, 2.75) is 40.0 Å². The van der Waals surface area contributed by atoms with Crippen molar-refractivity contribution in [1.82, 2.24) is 4.90 Å². The summed E-state index contributed by atoms with van der Waals surface area (Å²) in [6, 6.07) is 16.0. The number of nitrogens with zero attached hydrogens (tertiary/aromatic N) is 2. The van der Waals surface area contributed by atoms with E-state index in [9.17, 15) is 4.79 Å². The number of benzene rings is 2. The van der Waals surface area contributed by atoms with Crippen LogP contribution in [0.4, 0.5) is 11.4 Å². The monoisotopic (exact) mass is 398 g/mol. The summed E-state index contributed by atoms with van der Waals surface area (Å²) in [5, 5.41) is 0. The number of carbonyl (C=O) groups is 1. The Kier molecular flexibility index (Phi) is 5.81. The highest BCUT2D eigenvalue weighted by Gasteiger charge is 2.28. The number of fused-ring (bicyclic) bond motifs is 2. The van der Waals surface area contributed by atoms with Crippen LogP contribution in [0.5, 0.6) is 0 Å². The van der Waals surface area contributed by atoms with Crippen molar-refractivity contribution in [3.05, 3.63) is 42.5 Å². The minimum atomic E-state index is 0.228. The predicted octanol–water partition coefficient (Wildman–Crippen LogP) is 5.31. The summed E-state index contributed by atoms with van der Waals surface area (Å²) in [4.78, 5) is 20.2. The van der Waals surface area contributed by atoms with Gasteiger partial charge in [0.05, 0.1) is 11.4 Å². The molecule has 3 nitrogen and oxygen atoms in total. The second kappa shape index (κ2) is 8.29. The topological polar surface area (TPSA) is 23.6 Å². The fourth-order valence-electron chi connectivity index (χ4n) is 4.12. The molecule has 2 aromatic carbocycles. The van der Waals surface area contributed by atoms with Crippen LogP contribution < -0.4 is 4.90 Å². The third-order valence-electron chi connectivity index (χ3n) is 5.76. The fraction of sp³-hybridized carbons (Fsp3) is 0.409. The highest BCUT2D eigenvalue weighted by molar-refractivity contribution is 8.00. The van der Waals surface area contributed by atoms with E-state index in [-0.39, 0.29) is 5.92 Å². The number of hydrogen-bond donors (Lipinski definition) is 0. The number of likely N-dealkylation sites (tertiary alicyclic amines) is 1. The molecule has 5 heteroatoms. The maximum atomic E-state index is 11.3. The molecule has 0 amide bonds. The van der Waals surface area contributed by atoms with Gasteiger partial charge >= 0.3 is 0 Å². The lowest BCUT2D eigenvalue weighted by Crippen LogP contribution is -2.42. The zero-order valence-corrected chi connectivity index (χ0v) is 17.6. The molecule has 1 fully saturated rings. The Hall–Kier alpha value is -1.43. The molecule has 2 aliphatic rings. The summed E-state index contributed by atoms with van der Waals surface area (Å²) in [7, 11) is 2.20. The summed E-state index contributed by atoms with van der Waals surface area (Å²) >= 11 is 3.66. The Morgan fingerprint density at radius 3 is 2.81 bits per heavy atom. The molecule has 0 aliphatic carbocycles. The van der Waals surface area contributed by atoms with E-state index in [1.54, 1.807) is 11.8 Å². The molecule has 4 rings (SSSR count). The van der Waals surface area contributed by atoms with Gasteiger partial charge in [-0.05, 0) is 69.4 Å². The Morgan fingerprint density at radius 1 is 1.19 bits per heavy atom. The van der Waals surface area contributed by atoms with Gasteiger partial charge in [-0.15, -0.1) is 11.8 Å². The van der Waals surface area contributed by atoms with Crippen LogP contribution in [0.3, 0.4) is 0 Å². The molecule has 0 N–H and O–H groups in total. The summed E-state index contributed by atoms with van der Waals surface area (Å²) in [5.41, 5.74) is 2.62. The minimum absolute atomic E-state index is 0.228. The number of anilines is 2. The molecule has 0 bridgehead atoms. The lowest BCUT2D eigenvalue weighted by molar-refractivity contribution is -0.112. The molecule has 0 saturated carbocycles. The first-order chi connectivity index (χ1) is 13.2. The number of thioether (sulfide) groups is 1. The summed E-state index contributed by atoms with van der Waals surface area (Å²) < 4.78 is 0. The first-order valence-electron chi connectivity index (χ1n) is 9.57. The first kappa shape index (κ1) is 18.9. The van der Waals surface area contributed by atoms with Crippen molar-refractivity contribution in [2.75, 3.05) is 31.3 Å². The molecule has 2 unspecified atom stereocenters. The van der Waals surface area contributed by atoms with Crippen molar-refractivity contribution in [3.63, 3.8) is 0 Å². The second-order valence-electron chi connectivity index (χ2n) is 7.40. The van der Waals surface area contributed by atoms with Crippen molar-refractivity contribution in [2.24, 2.45) is 5.92 Å². The number of aldehydes is 1. The van der Waals surface area contributed by atoms with Crippen LogP contribution in [-0.2, 0) is 4.79 Å². The molecule has 0 aromatic heterocycles. The van der Waals surface area contributed by atoms with Gasteiger partial charge in [0.2, 0.25) is 0 Å². The van der Waals surface area contributed by atoms with Crippen LogP contribution in [0.15, 0.2) is 57.2 Å². The van der Waals surface area contributed by atoms with Crippen molar-refractivity contribution < 1.29 is 4.79 Å². The standard InChI is InChI=1S/C22H26N2OS2/c1-23-11-9-16(15-25)13-17(23)10-12-24-19-5-3-4-6-21(19)27-22-8-7-18(26-2)14-20(22)24/h3-8,14-17H,9-13H2,1-2H3. The van der Waals surface area contributed by atoms with Gasteiger partial charge in [-0.3, -0.25) is 0 Å². The molecule has 0 spiro atoms. The summed E-state index contributed by atoms with van der Waals surface area (Å²) in [6.45, 7) is 2.00. The molecule has 1 saturated heterocycles. The lowest BCUT2D eigenvalue weighted by Gasteiger charge is -2.38. The van der Waals surface area contributed by atoms with E-state index >= 15 is 0 Å². The SMILES string of the molecule is CSc1ccc2c(c1)N(CCC1CC(C=O)CCN1C)c1ccccc1S2. The van der Waals surface area contributed by atoms with E-state index in [1.165, 1.54) is 26.1 Å². The maximum Gasteiger partial charge on any atom is 0.123 e. The molecule has 2 aliphatic heterocycles. The van der Waals surface area contributed by atoms with Crippen molar-refractivity contribution in [1.29, 1.82) is 0 Å². The average molecular weight is 399 g/mol. The third-order valence-corrected chi connectivity index (χ3v) is 7.62. The molecule has 142 valence electrons. The Morgan fingerprint density at radius 2 is 2.00 bits per heavy atom. The summed E-state index contributed by atoms with van der Waals surface area (Å²) in [6.07, 6.45) is 6.35. The molecule has 2 aromatic rings. The largest absolute Gasteiger partial charge is 0.340 e. The van der Waals surface area contributed by atoms with Crippen LogP contribution in [-0.4, -0.2) is 43.6 Å². The van der Waals surface area contributed by atoms with Crippen LogP contribution in [0.2, 0.25) is 0 Å². The fourth-order valence-corrected chi connectivity index (χ4v) is 5.63. The number of carbonyl (C=O) groups excluding carboxylic acids is 1. The normalized spacial score (nSPS) is 22.2. The molecule has 27 heavy (non-hydrogen) atoms. The Labute approximate surface area is 170 Å². The summed E-state index contributed by atoms with van der Waals surface area (Å²) in [5.74, 6) is 0.228. The van der Waals surface area contributed by atoms with E-state index in [1.807, 2.05) is 11.8 Å². The van der Waals surface area contributed by atoms with Gasteiger partial charge in [-0.2, -0.15) is 0 Å². The number of para-hydroxylation sites is 1. The zero-order valence-electron chi connectivity index (χ0n) is 15.9. The van der Waals surface area contributed by atoms with Gasteiger partial charge in [-0.25, -0.2) is 0 Å². The predicted molar refractivity (Wildman–Crippen MR) is 116 cm³/mol. The van der Waals surface area contributed by atoms with E-state index < -0.39 is 0 Å². The highest BCUT2D eigenvalue weighted by atomic mass is 32.2. The first-order valence-corrected chi connectivity index (χ1v) is 11.6. The molecular weight excluding hydrogens is 372 g/mol. The van der Waals surface area contributed by atoms with E-state index in [4.69, 9.17) is 0 Å². The quantitative estimate of drug-likeness (QED) is 0.502. The van der Waals surface area contributed by atoms with Crippen molar-refractivity contribution in [3.8, 4) is 0 Å². The number of piperidine rings is 1. The van der Waals surface area contributed by atoms with Gasteiger partial charge in [0.25, 0.3) is 0 Å². The Balaban J connectivity index is 1.60. The highest BCUT2D eigenvalue weighted by Crippen LogP contribution is 2.49. The van der Waals surface area contributed by atoms with Crippen LogP contribution in [0.25, 0.3) is 0 Å². The van der Waals surface area contributed by atoms with Crippen LogP contribution in [0.1, 0.15) is 19.3 Å². The van der Waals surface area contributed by atoms with Gasteiger partial charge in [-0.1, -0.05) is 23.9 Å². The van der Waals surface area contributed by atoms with Crippen molar-refractivity contribution >= 4 is 41.2 Å². The third kappa shape index (κ3) is 3.91. The Bertz CT molecular complexity index is 826. The maximum absolute atomic E-state index is 11.3. The molecule has 2 heterocycles. The average Bonchev–Trinajstić information content (AvgIpc) is 2.71. The van der Waals surface area contributed by atoms with Crippen LogP contribution in [0, 0.1) is 5.92 Å². The zero-order chi connectivity index (χ0) is 18.8. The van der Waals surface area contributed by atoms with E-state index in [0.717, 1.165) is 38.6 Å². The second-order valence-corrected chi connectivity index (χ2v) is 9.36. The van der Waals surface area contributed by atoms with Gasteiger partial charge in [0.15, 0.2) is 0 Å². The van der Waals surface area contributed by atoms with E-state index in [2.05, 4.69) is 65.6 Å². The smallest absolute Gasteiger partial charge is 0.123 e. The van der Waals surface area contributed by atoms with Gasteiger partial charge in [0.1, 0.15) is 6.29 Å². The molecular formula is C22H26N2OS2. The lowest BCUT2D eigenvalue weighted by atomic mass is 9.90. The molecule has 0 radical (unpaired) electrons. The molecule has 2 atom stereocenters. The minimum Gasteiger partial charge on any atom is -0.340 e. The van der Waals surface area contributed by atoms with Gasteiger partial charge in [0, 0.05) is 33.2 Å². The van der Waals surface area contributed by atoms with Crippen LogP contribution >= 0.6 is 23.5 Å². The number of hydrogen-bond acceptors (Lipinski definition) is 5. The van der Waals surface area contributed by atoms with Gasteiger partial charge < -0.3 is 14.6 Å². The van der Waals surface area contributed by atoms with E-state index in [0.29, 0.717) is 6.04 Å². The number of rotatable bonds is 5.